The van der Waals surface area contributed by atoms with Gasteiger partial charge in [0.05, 0.1) is 11.6 Å². The minimum Gasteiger partial charge on any atom is -0.459 e. The topological polar surface area (TPSA) is 53.3 Å². The molecule has 0 spiro atoms. The molecule has 0 fully saturated rings. The van der Waals surface area contributed by atoms with E-state index in [0.29, 0.717) is 5.56 Å². The van der Waals surface area contributed by atoms with Crippen LogP contribution in [0.4, 0.5) is 5.69 Å². The van der Waals surface area contributed by atoms with E-state index in [0.717, 1.165) is 18.7 Å². The fourth-order valence-corrected chi connectivity index (χ4v) is 1.87. The lowest BCUT2D eigenvalue weighted by molar-refractivity contribution is -0.153. The molecule has 0 aliphatic heterocycles. The zero-order valence-corrected chi connectivity index (χ0v) is 12.6. The van der Waals surface area contributed by atoms with Crippen LogP contribution in [0.15, 0.2) is 24.3 Å². The summed E-state index contributed by atoms with van der Waals surface area (Å²) in [7, 11) is 0. The summed E-state index contributed by atoms with van der Waals surface area (Å²) in [6.07, 6.45) is 0.916. The predicted molar refractivity (Wildman–Crippen MR) is 79.5 cm³/mol. The van der Waals surface area contributed by atoms with E-state index in [1.807, 2.05) is 37.8 Å². The van der Waals surface area contributed by atoms with Crippen molar-refractivity contribution in [3.63, 3.8) is 0 Å². The van der Waals surface area contributed by atoms with Crippen LogP contribution in [0, 0.1) is 11.3 Å². The van der Waals surface area contributed by atoms with Gasteiger partial charge in [-0.15, -0.1) is 0 Å². The Morgan fingerprint density at radius 2 is 2.10 bits per heavy atom. The van der Waals surface area contributed by atoms with Gasteiger partial charge in [0.15, 0.2) is 0 Å². The molecule has 0 heterocycles. The van der Waals surface area contributed by atoms with Gasteiger partial charge in [0, 0.05) is 12.2 Å². The van der Waals surface area contributed by atoms with Gasteiger partial charge in [0.1, 0.15) is 12.1 Å². The lowest BCUT2D eigenvalue weighted by Crippen LogP contribution is -2.35. The Morgan fingerprint density at radius 3 is 2.65 bits per heavy atom. The van der Waals surface area contributed by atoms with Crippen LogP contribution in [0.3, 0.4) is 0 Å². The van der Waals surface area contributed by atoms with Gasteiger partial charge in [-0.25, -0.2) is 0 Å². The fourth-order valence-electron chi connectivity index (χ4n) is 1.87. The average molecular weight is 274 g/mol. The number of hydrogen-bond donors (Lipinski definition) is 0. The van der Waals surface area contributed by atoms with Crippen LogP contribution < -0.4 is 4.90 Å². The van der Waals surface area contributed by atoms with E-state index in [1.54, 1.807) is 12.1 Å². The zero-order chi connectivity index (χ0) is 15.2. The third-order valence-electron chi connectivity index (χ3n) is 2.57. The highest BCUT2D eigenvalue weighted by Crippen LogP contribution is 2.17. The molecular formula is C16H22N2O2. The van der Waals surface area contributed by atoms with Crippen molar-refractivity contribution in [1.82, 2.24) is 0 Å². The molecule has 0 amide bonds. The van der Waals surface area contributed by atoms with Crippen molar-refractivity contribution in [2.75, 3.05) is 18.0 Å². The monoisotopic (exact) mass is 274 g/mol. The molecule has 0 saturated heterocycles. The van der Waals surface area contributed by atoms with Gasteiger partial charge in [-0.1, -0.05) is 13.0 Å². The van der Waals surface area contributed by atoms with Crippen LogP contribution in [0.2, 0.25) is 0 Å². The number of benzene rings is 1. The SMILES string of the molecule is CCCN(CC(=O)OC(C)(C)C)c1cccc(C#N)c1. The highest BCUT2D eigenvalue weighted by molar-refractivity contribution is 5.76. The molecule has 20 heavy (non-hydrogen) atoms. The minimum absolute atomic E-state index is 0.194. The standard InChI is InChI=1S/C16H22N2O2/c1-5-9-18(12-15(19)20-16(2,3)4)14-8-6-7-13(10-14)11-17/h6-8,10H,5,9,12H2,1-4H3. The normalized spacial score (nSPS) is 10.8. The van der Waals surface area contributed by atoms with Crippen LogP contribution >= 0.6 is 0 Å². The van der Waals surface area contributed by atoms with E-state index < -0.39 is 5.60 Å². The van der Waals surface area contributed by atoms with Crippen molar-refractivity contribution in [3.8, 4) is 6.07 Å². The van der Waals surface area contributed by atoms with Crippen molar-refractivity contribution >= 4 is 11.7 Å². The Kier molecular flexibility index (Phi) is 5.57. The van der Waals surface area contributed by atoms with E-state index in [4.69, 9.17) is 10.00 Å². The molecule has 108 valence electrons. The van der Waals surface area contributed by atoms with Crippen molar-refractivity contribution in [2.24, 2.45) is 0 Å². The summed E-state index contributed by atoms with van der Waals surface area (Å²) in [5, 5.41) is 8.95. The van der Waals surface area contributed by atoms with Gasteiger partial charge in [0.25, 0.3) is 0 Å². The average Bonchev–Trinajstić information content (AvgIpc) is 2.36. The number of nitrogens with zero attached hydrogens (tertiary/aromatic N) is 2. The maximum atomic E-state index is 11.9. The van der Waals surface area contributed by atoms with Crippen molar-refractivity contribution < 1.29 is 9.53 Å². The molecule has 0 atom stereocenters. The van der Waals surface area contributed by atoms with E-state index >= 15 is 0 Å². The maximum Gasteiger partial charge on any atom is 0.326 e. The lowest BCUT2D eigenvalue weighted by Gasteiger charge is -2.26. The van der Waals surface area contributed by atoms with Crippen LogP contribution in [-0.4, -0.2) is 24.7 Å². The van der Waals surface area contributed by atoms with Crippen LogP contribution in [0.1, 0.15) is 39.7 Å². The van der Waals surface area contributed by atoms with Gasteiger partial charge >= 0.3 is 5.97 Å². The molecule has 4 nitrogen and oxygen atoms in total. The van der Waals surface area contributed by atoms with E-state index in [1.165, 1.54) is 0 Å². The molecule has 0 N–H and O–H groups in total. The highest BCUT2D eigenvalue weighted by atomic mass is 16.6. The first-order valence-electron chi connectivity index (χ1n) is 6.82. The number of hydrogen-bond acceptors (Lipinski definition) is 4. The third-order valence-corrected chi connectivity index (χ3v) is 2.57. The summed E-state index contributed by atoms with van der Waals surface area (Å²) in [4.78, 5) is 13.9. The third kappa shape index (κ3) is 5.31. The Labute approximate surface area is 121 Å². The van der Waals surface area contributed by atoms with Crippen LogP contribution in [-0.2, 0) is 9.53 Å². The first-order chi connectivity index (χ1) is 9.35. The van der Waals surface area contributed by atoms with Gasteiger partial charge in [0.2, 0.25) is 0 Å². The smallest absolute Gasteiger partial charge is 0.326 e. The second kappa shape index (κ2) is 6.95. The quantitative estimate of drug-likeness (QED) is 0.774. The van der Waals surface area contributed by atoms with Crippen LogP contribution in [0.5, 0.6) is 0 Å². The molecule has 0 bridgehead atoms. The van der Waals surface area contributed by atoms with Gasteiger partial charge in [-0.05, 0) is 45.4 Å². The summed E-state index contributed by atoms with van der Waals surface area (Å²) in [5.74, 6) is -0.256. The second-order valence-electron chi connectivity index (χ2n) is 5.67. The summed E-state index contributed by atoms with van der Waals surface area (Å²) in [6, 6.07) is 9.38. The highest BCUT2D eigenvalue weighted by Gasteiger charge is 2.19. The van der Waals surface area contributed by atoms with E-state index in [2.05, 4.69) is 13.0 Å². The molecule has 0 aromatic heterocycles. The number of nitriles is 1. The van der Waals surface area contributed by atoms with Crippen molar-refractivity contribution in [1.29, 1.82) is 5.26 Å². The van der Waals surface area contributed by atoms with Crippen LogP contribution in [0.25, 0.3) is 0 Å². The molecule has 0 aliphatic carbocycles. The van der Waals surface area contributed by atoms with Crippen molar-refractivity contribution in [2.45, 2.75) is 39.7 Å². The molecule has 1 rings (SSSR count). The number of carbonyl (C=O) groups is 1. The Bertz CT molecular complexity index is 498. The lowest BCUT2D eigenvalue weighted by atomic mass is 10.2. The Hall–Kier alpha value is -2.02. The molecule has 1 aromatic rings. The summed E-state index contributed by atoms with van der Waals surface area (Å²) in [6.45, 7) is 8.55. The number of carbonyl (C=O) groups excluding carboxylic acids is 1. The first kappa shape index (κ1) is 16.0. The molecule has 0 saturated carbocycles. The van der Waals surface area contributed by atoms with E-state index in [-0.39, 0.29) is 12.5 Å². The first-order valence-corrected chi connectivity index (χ1v) is 6.82. The fraction of sp³-hybridized carbons (Fsp3) is 0.500. The van der Waals surface area contributed by atoms with Gasteiger partial charge < -0.3 is 9.64 Å². The molecule has 0 radical (unpaired) electrons. The number of anilines is 1. The number of esters is 1. The van der Waals surface area contributed by atoms with E-state index in [9.17, 15) is 4.79 Å². The predicted octanol–water partition coefficient (Wildman–Crippen LogP) is 3.12. The molecule has 0 unspecified atom stereocenters. The molecule has 4 heteroatoms. The zero-order valence-electron chi connectivity index (χ0n) is 12.6. The largest absolute Gasteiger partial charge is 0.459 e. The van der Waals surface area contributed by atoms with Gasteiger partial charge in [-0.2, -0.15) is 5.26 Å². The molecule has 0 aliphatic rings. The molecule has 1 aromatic carbocycles. The number of rotatable bonds is 5. The second-order valence-corrected chi connectivity index (χ2v) is 5.67. The maximum absolute atomic E-state index is 11.9. The minimum atomic E-state index is -0.483. The summed E-state index contributed by atoms with van der Waals surface area (Å²) in [5.41, 5.74) is 0.980. The van der Waals surface area contributed by atoms with Gasteiger partial charge in [-0.3, -0.25) is 4.79 Å². The summed E-state index contributed by atoms with van der Waals surface area (Å²) < 4.78 is 5.35. The Balaban J connectivity index is 2.83. The Morgan fingerprint density at radius 1 is 1.40 bits per heavy atom. The van der Waals surface area contributed by atoms with Crippen molar-refractivity contribution in [3.05, 3.63) is 29.8 Å². The summed E-state index contributed by atoms with van der Waals surface area (Å²) >= 11 is 0. The number of ether oxygens (including phenoxy) is 1. The molecular weight excluding hydrogens is 252 g/mol.